The highest BCUT2D eigenvalue weighted by Gasteiger charge is 2.30. The van der Waals surface area contributed by atoms with Crippen LogP contribution >= 0.6 is 23.4 Å². The largest absolute Gasteiger partial charge is 0.508 e. The number of hydrogen-bond acceptors (Lipinski definition) is 4. The summed E-state index contributed by atoms with van der Waals surface area (Å²) in [5, 5.41) is 10.7. The molecule has 23 heavy (non-hydrogen) atoms. The third-order valence-electron chi connectivity index (χ3n) is 3.23. The van der Waals surface area contributed by atoms with Gasteiger partial charge in [0.1, 0.15) is 5.75 Å². The fourth-order valence-electron chi connectivity index (χ4n) is 2.04. The number of carbonyl (C=O) groups excluding carboxylic acids is 1. The smallest absolute Gasteiger partial charge is 0.266 e. The number of halogens is 1. The van der Waals surface area contributed by atoms with Crippen LogP contribution in [-0.4, -0.2) is 28.1 Å². The van der Waals surface area contributed by atoms with E-state index in [9.17, 15) is 9.90 Å². The summed E-state index contributed by atoms with van der Waals surface area (Å²) in [6.07, 6.45) is 1.81. The van der Waals surface area contributed by atoms with E-state index >= 15 is 0 Å². The van der Waals surface area contributed by atoms with E-state index in [4.69, 9.17) is 11.6 Å². The average Bonchev–Trinajstić information content (AvgIpc) is 2.78. The van der Waals surface area contributed by atoms with Crippen molar-refractivity contribution in [1.29, 1.82) is 0 Å². The number of nitrogens with zero attached hydrogens (tertiary/aromatic N) is 2. The molecule has 4 nitrogen and oxygen atoms in total. The fourth-order valence-corrected chi connectivity index (χ4v) is 3.15. The van der Waals surface area contributed by atoms with Gasteiger partial charge < -0.3 is 5.11 Å². The summed E-state index contributed by atoms with van der Waals surface area (Å²) in [5.74, 6) is 0.0320. The lowest BCUT2D eigenvalue weighted by atomic mass is 10.2. The van der Waals surface area contributed by atoms with E-state index in [2.05, 4.69) is 4.99 Å². The molecule has 2 aromatic rings. The molecule has 1 N–H and O–H groups in total. The zero-order valence-electron chi connectivity index (χ0n) is 12.2. The maximum Gasteiger partial charge on any atom is 0.266 e. The van der Waals surface area contributed by atoms with Crippen molar-refractivity contribution in [3.8, 4) is 5.75 Å². The molecule has 6 heteroatoms. The number of rotatable bonds is 2. The quantitative estimate of drug-likeness (QED) is 0.827. The first-order valence-corrected chi connectivity index (χ1v) is 8.03. The third kappa shape index (κ3) is 3.57. The predicted octanol–water partition coefficient (Wildman–Crippen LogP) is 4.28. The van der Waals surface area contributed by atoms with Gasteiger partial charge in [-0.3, -0.25) is 9.69 Å². The van der Waals surface area contributed by atoms with Gasteiger partial charge in [0.25, 0.3) is 5.91 Å². The van der Waals surface area contributed by atoms with Crippen LogP contribution in [0.4, 0.5) is 5.69 Å². The lowest BCUT2D eigenvalue weighted by Gasteiger charge is -2.07. The lowest BCUT2D eigenvalue weighted by Crippen LogP contribution is -2.23. The highest BCUT2D eigenvalue weighted by Crippen LogP contribution is 2.33. The first kappa shape index (κ1) is 15.6. The van der Waals surface area contributed by atoms with Gasteiger partial charge in [0.15, 0.2) is 5.17 Å². The van der Waals surface area contributed by atoms with Gasteiger partial charge in [-0.05, 0) is 47.7 Å². The second-order valence-corrected chi connectivity index (χ2v) is 6.39. The molecular weight excluding hydrogens is 332 g/mol. The number of amides is 1. The molecule has 0 unspecified atom stereocenters. The van der Waals surface area contributed by atoms with Crippen molar-refractivity contribution in [2.75, 3.05) is 7.05 Å². The molecule has 3 rings (SSSR count). The van der Waals surface area contributed by atoms with Crippen molar-refractivity contribution < 1.29 is 9.90 Å². The summed E-state index contributed by atoms with van der Waals surface area (Å²) < 4.78 is 0. The van der Waals surface area contributed by atoms with Crippen LogP contribution in [0.1, 0.15) is 5.56 Å². The van der Waals surface area contributed by atoms with E-state index in [0.717, 1.165) is 5.56 Å². The summed E-state index contributed by atoms with van der Waals surface area (Å²) in [6.45, 7) is 0. The number of phenolic OH excluding ortho intramolecular Hbond substituents is 1. The van der Waals surface area contributed by atoms with Crippen LogP contribution in [0.3, 0.4) is 0 Å². The predicted molar refractivity (Wildman–Crippen MR) is 95.0 cm³/mol. The number of hydrogen-bond donors (Lipinski definition) is 1. The Kier molecular flexibility index (Phi) is 4.41. The topological polar surface area (TPSA) is 52.9 Å². The van der Waals surface area contributed by atoms with E-state index in [1.807, 2.05) is 18.2 Å². The van der Waals surface area contributed by atoms with Crippen LogP contribution in [0.25, 0.3) is 6.08 Å². The van der Waals surface area contributed by atoms with E-state index in [-0.39, 0.29) is 11.7 Å². The number of benzene rings is 2. The molecule has 1 heterocycles. The van der Waals surface area contributed by atoms with Crippen LogP contribution < -0.4 is 0 Å². The Bertz CT molecular complexity index is 816. The molecule has 0 radical (unpaired) electrons. The van der Waals surface area contributed by atoms with E-state index in [1.165, 1.54) is 16.7 Å². The van der Waals surface area contributed by atoms with E-state index in [0.29, 0.717) is 20.8 Å². The SMILES string of the molecule is CN1C(=O)/C(=C/c2ccc(Cl)cc2)SC1=Nc1cccc(O)c1. The van der Waals surface area contributed by atoms with Crippen molar-refractivity contribution >= 4 is 46.2 Å². The first-order valence-electron chi connectivity index (χ1n) is 6.84. The molecule has 116 valence electrons. The Morgan fingerprint density at radius 3 is 2.65 bits per heavy atom. The van der Waals surface area contributed by atoms with Crippen molar-refractivity contribution in [1.82, 2.24) is 4.90 Å². The van der Waals surface area contributed by atoms with Gasteiger partial charge in [0, 0.05) is 18.1 Å². The number of phenols is 1. The number of carbonyl (C=O) groups is 1. The Hall–Kier alpha value is -2.24. The highest BCUT2D eigenvalue weighted by molar-refractivity contribution is 8.18. The van der Waals surface area contributed by atoms with Crippen LogP contribution in [0.2, 0.25) is 5.02 Å². The molecule has 1 aliphatic rings. The standard InChI is InChI=1S/C17H13ClN2O2S/c1-20-16(22)15(9-11-5-7-12(18)8-6-11)23-17(20)19-13-3-2-4-14(21)10-13/h2-10,21H,1H3/b15-9-,19-17?. The summed E-state index contributed by atoms with van der Waals surface area (Å²) in [5.41, 5.74) is 1.50. The zero-order chi connectivity index (χ0) is 16.4. The van der Waals surface area contributed by atoms with Gasteiger partial charge >= 0.3 is 0 Å². The van der Waals surface area contributed by atoms with Crippen molar-refractivity contribution in [3.63, 3.8) is 0 Å². The molecule has 2 aromatic carbocycles. The van der Waals surface area contributed by atoms with Gasteiger partial charge in [-0.2, -0.15) is 0 Å². The summed E-state index contributed by atoms with van der Waals surface area (Å²) in [4.78, 5) is 18.8. The Balaban J connectivity index is 1.89. The first-order chi connectivity index (χ1) is 11.0. The molecule has 0 atom stereocenters. The van der Waals surface area contributed by atoms with Crippen LogP contribution in [0.5, 0.6) is 5.75 Å². The van der Waals surface area contributed by atoms with Gasteiger partial charge in [-0.25, -0.2) is 4.99 Å². The summed E-state index contributed by atoms with van der Waals surface area (Å²) in [7, 11) is 1.68. The van der Waals surface area contributed by atoms with Gasteiger partial charge in [0.05, 0.1) is 10.6 Å². The number of thioether (sulfide) groups is 1. The summed E-state index contributed by atoms with van der Waals surface area (Å²) >= 11 is 7.17. The second kappa shape index (κ2) is 6.48. The molecular formula is C17H13ClN2O2S. The summed E-state index contributed by atoms with van der Waals surface area (Å²) in [6, 6.07) is 13.9. The Labute approximate surface area is 143 Å². The fraction of sp³-hybridized carbons (Fsp3) is 0.0588. The van der Waals surface area contributed by atoms with Gasteiger partial charge in [-0.15, -0.1) is 0 Å². The lowest BCUT2D eigenvalue weighted by molar-refractivity contribution is -0.121. The molecule has 0 bridgehead atoms. The minimum Gasteiger partial charge on any atom is -0.508 e. The molecule has 0 saturated carbocycles. The molecule has 1 saturated heterocycles. The van der Waals surface area contributed by atoms with E-state index in [1.54, 1.807) is 43.4 Å². The minimum absolute atomic E-state index is 0.108. The monoisotopic (exact) mass is 344 g/mol. The molecule has 0 aromatic heterocycles. The minimum atomic E-state index is -0.108. The van der Waals surface area contributed by atoms with Crippen molar-refractivity contribution in [2.45, 2.75) is 0 Å². The van der Waals surface area contributed by atoms with Crippen molar-refractivity contribution in [3.05, 3.63) is 64.0 Å². The average molecular weight is 345 g/mol. The van der Waals surface area contributed by atoms with Crippen LogP contribution in [-0.2, 0) is 4.79 Å². The number of amidine groups is 1. The number of aliphatic imine (C=N–C) groups is 1. The van der Waals surface area contributed by atoms with Gasteiger partial charge in [-0.1, -0.05) is 29.8 Å². The Morgan fingerprint density at radius 1 is 1.22 bits per heavy atom. The second-order valence-electron chi connectivity index (χ2n) is 4.94. The zero-order valence-corrected chi connectivity index (χ0v) is 13.8. The number of aromatic hydroxyl groups is 1. The molecule has 1 aliphatic heterocycles. The number of likely N-dealkylation sites (N-methyl/N-ethyl adjacent to an activating group) is 1. The molecule has 0 spiro atoms. The molecule has 0 aliphatic carbocycles. The normalized spacial score (nSPS) is 18.2. The van der Waals surface area contributed by atoms with Gasteiger partial charge in [0.2, 0.25) is 0 Å². The van der Waals surface area contributed by atoms with Crippen molar-refractivity contribution in [2.24, 2.45) is 4.99 Å². The third-order valence-corrected chi connectivity index (χ3v) is 4.54. The van der Waals surface area contributed by atoms with Crippen LogP contribution in [0.15, 0.2) is 58.4 Å². The highest BCUT2D eigenvalue weighted by atomic mass is 35.5. The maximum absolute atomic E-state index is 12.3. The molecule has 1 fully saturated rings. The molecule has 1 amide bonds. The maximum atomic E-state index is 12.3. The van der Waals surface area contributed by atoms with Crippen LogP contribution in [0, 0.1) is 0 Å². The van der Waals surface area contributed by atoms with E-state index < -0.39 is 0 Å². The Morgan fingerprint density at radius 2 is 1.96 bits per heavy atom.